The molecule has 0 aliphatic carbocycles. The van der Waals surface area contributed by atoms with Gasteiger partial charge in [-0.25, -0.2) is 19.4 Å². The van der Waals surface area contributed by atoms with Gasteiger partial charge in [0.2, 0.25) is 11.8 Å². The molecule has 2 aromatic heterocycles. The molecule has 0 aromatic carbocycles. The van der Waals surface area contributed by atoms with Crippen molar-refractivity contribution in [3.63, 3.8) is 0 Å². The van der Waals surface area contributed by atoms with E-state index in [4.69, 9.17) is 4.74 Å². The highest BCUT2D eigenvalue weighted by Crippen LogP contribution is 2.26. The summed E-state index contributed by atoms with van der Waals surface area (Å²) < 4.78 is 6.90. The van der Waals surface area contributed by atoms with Gasteiger partial charge in [-0.05, 0) is 18.9 Å². The largest absolute Gasteiger partial charge is 0.476 e. The Kier molecular flexibility index (Phi) is 4.79. The number of aromatic nitrogens is 5. The van der Waals surface area contributed by atoms with Crippen molar-refractivity contribution in [3.05, 3.63) is 35.1 Å². The third-order valence-corrected chi connectivity index (χ3v) is 5.13. The Balaban J connectivity index is 1.30. The van der Waals surface area contributed by atoms with Crippen LogP contribution in [-0.4, -0.2) is 68.5 Å². The van der Waals surface area contributed by atoms with E-state index in [9.17, 15) is 4.79 Å². The SMILES string of the molecule is Cn1ncc(OCC2CCC3CN(c4ncccn4)CCN3C2)nc1=O. The van der Waals surface area contributed by atoms with Gasteiger partial charge in [-0.2, -0.15) is 10.1 Å². The predicted molar refractivity (Wildman–Crippen MR) is 95.1 cm³/mol. The minimum Gasteiger partial charge on any atom is -0.476 e. The molecule has 2 aliphatic rings. The maximum atomic E-state index is 11.5. The van der Waals surface area contributed by atoms with Crippen LogP contribution in [-0.2, 0) is 7.05 Å². The summed E-state index contributed by atoms with van der Waals surface area (Å²) in [5.74, 6) is 1.57. The third kappa shape index (κ3) is 3.67. The number of piperidine rings is 1. The van der Waals surface area contributed by atoms with Gasteiger partial charge in [0.05, 0.1) is 6.61 Å². The average Bonchev–Trinajstić information content (AvgIpc) is 2.69. The van der Waals surface area contributed by atoms with Crippen LogP contribution >= 0.6 is 0 Å². The third-order valence-electron chi connectivity index (χ3n) is 5.13. The van der Waals surface area contributed by atoms with E-state index >= 15 is 0 Å². The number of hydrogen-bond donors (Lipinski definition) is 0. The molecule has 0 amide bonds. The maximum absolute atomic E-state index is 11.5. The van der Waals surface area contributed by atoms with Crippen molar-refractivity contribution in [3.8, 4) is 5.88 Å². The standard InChI is InChI=1S/C17H23N7O2/c1-22-17(25)21-15(9-20-22)26-12-13-3-4-14-11-24(8-7-23(14)10-13)16-18-5-2-6-19-16/h2,5-6,9,13-14H,3-4,7-8,10-12H2,1H3. The Bertz CT molecular complexity index is 797. The number of nitrogens with zero attached hydrogens (tertiary/aromatic N) is 7. The molecule has 2 fully saturated rings. The number of ether oxygens (including phenoxy) is 1. The second kappa shape index (κ2) is 7.36. The monoisotopic (exact) mass is 357 g/mol. The van der Waals surface area contributed by atoms with Gasteiger partial charge in [0.15, 0.2) is 0 Å². The molecule has 138 valence electrons. The second-order valence-electron chi connectivity index (χ2n) is 6.90. The molecule has 2 aliphatic heterocycles. The summed E-state index contributed by atoms with van der Waals surface area (Å²) in [4.78, 5) is 28.9. The van der Waals surface area contributed by atoms with Crippen molar-refractivity contribution in [2.45, 2.75) is 18.9 Å². The van der Waals surface area contributed by atoms with Gasteiger partial charge in [0.25, 0.3) is 0 Å². The zero-order chi connectivity index (χ0) is 17.9. The number of piperazine rings is 1. The Hall–Kier alpha value is -2.55. The highest BCUT2D eigenvalue weighted by atomic mass is 16.5. The van der Waals surface area contributed by atoms with Crippen LogP contribution in [0.1, 0.15) is 12.8 Å². The molecule has 0 bridgehead atoms. The quantitative estimate of drug-likeness (QED) is 0.752. The van der Waals surface area contributed by atoms with Crippen molar-refractivity contribution in [2.24, 2.45) is 13.0 Å². The molecule has 9 nitrogen and oxygen atoms in total. The fourth-order valence-corrected chi connectivity index (χ4v) is 3.68. The average molecular weight is 357 g/mol. The van der Waals surface area contributed by atoms with Gasteiger partial charge in [-0.1, -0.05) is 0 Å². The first-order valence-electron chi connectivity index (χ1n) is 8.98. The Morgan fingerprint density at radius 1 is 1.19 bits per heavy atom. The zero-order valence-electron chi connectivity index (χ0n) is 14.9. The molecule has 0 spiro atoms. The van der Waals surface area contributed by atoms with Crippen LogP contribution in [0.3, 0.4) is 0 Å². The van der Waals surface area contributed by atoms with Gasteiger partial charge in [-0.3, -0.25) is 4.90 Å². The van der Waals surface area contributed by atoms with Gasteiger partial charge >= 0.3 is 5.69 Å². The van der Waals surface area contributed by atoms with Crippen LogP contribution in [0.5, 0.6) is 5.88 Å². The van der Waals surface area contributed by atoms with Crippen LogP contribution in [0.25, 0.3) is 0 Å². The zero-order valence-corrected chi connectivity index (χ0v) is 14.9. The molecular formula is C17H23N7O2. The van der Waals surface area contributed by atoms with E-state index in [1.165, 1.54) is 10.9 Å². The van der Waals surface area contributed by atoms with Crippen molar-refractivity contribution in [2.75, 3.05) is 37.7 Å². The van der Waals surface area contributed by atoms with Crippen molar-refractivity contribution in [1.82, 2.24) is 29.6 Å². The van der Waals surface area contributed by atoms with Crippen LogP contribution in [0, 0.1) is 5.92 Å². The van der Waals surface area contributed by atoms with Gasteiger partial charge in [-0.15, -0.1) is 0 Å². The lowest BCUT2D eigenvalue weighted by molar-refractivity contribution is 0.0712. The number of fused-ring (bicyclic) bond motifs is 1. The molecule has 0 saturated carbocycles. The fourth-order valence-electron chi connectivity index (χ4n) is 3.68. The van der Waals surface area contributed by atoms with Gasteiger partial charge in [0.1, 0.15) is 6.20 Å². The van der Waals surface area contributed by atoms with E-state index in [0.717, 1.165) is 45.0 Å². The number of aryl methyl sites for hydroxylation is 1. The molecule has 2 aromatic rings. The molecule has 0 N–H and O–H groups in total. The molecular weight excluding hydrogens is 334 g/mol. The molecule has 9 heteroatoms. The molecule has 2 saturated heterocycles. The smallest absolute Gasteiger partial charge is 0.366 e. The summed E-state index contributed by atoms with van der Waals surface area (Å²) in [5, 5.41) is 3.93. The highest BCUT2D eigenvalue weighted by molar-refractivity contribution is 5.30. The summed E-state index contributed by atoms with van der Waals surface area (Å²) in [5.41, 5.74) is -0.398. The van der Waals surface area contributed by atoms with Gasteiger partial charge < -0.3 is 9.64 Å². The van der Waals surface area contributed by atoms with E-state index in [1.807, 2.05) is 6.07 Å². The van der Waals surface area contributed by atoms with E-state index in [2.05, 4.69) is 29.9 Å². The number of rotatable bonds is 4. The molecule has 0 radical (unpaired) electrons. The summed E-state index contributed by atoms with van der Waals surface area (Å²) >= 11 is 0. The van der Waals surface area contributed by atoms with Crippen LogP contribution in [0.15, 0.2) is 29.5 Å². The van der Waals surface area contributed by atoms with Crippen molar-refractivity contribution >= 4 is 5.95 Å². The summed E-state index contributed by atoms with van der Waals surface area (Å²) in [6, 6.07) is 2.38. The second-order valence-corrected chi connectivity index (χ2v) is 6.90. The van der Waals surface area contributed by atoms with E-state index in [0.29, 0.717) is 24.4 Å². The lowest BCUT2D eigenvalue weighted by Gasteiger charge is -2.46. The van der Waals surface area contributed by atoms with E-state index in [-0.39, 0.29) is 0 Å². The number of anilines is 1. The van der Waals surface area contributed by atoms with E-state index in [1.54, 1.807) is 19.4 Å². The van der Waals surface area contributed by atoms with Crippen LogP contribution in [0.4, 0.5) is 5.95 Å². The lowest BCUT2D eigenvalue weighted by atomic mass is 9.91. The highest BCUT2D eigenvalue weighted by Gasteiger charge is 2.33. The summed E-state index contributed by atoms with van der Waals surface area (Å²) in [7, 11) is 1.57. The molecule has 2 unspecified atom stereocenters. The Morgan fingerprint density at radius 3 is 2.85 bits per heavy atom. The minimum absolute atomic E-state index is 0.307. The van der Waals surface area contributed by atoms with Crippen LogP contribution in [0.2, 0.25) is 0 Å². The Morgan fingerprint density at radius 2 is 2.04 bits per heavy atom. The lowest BCUT2D eigenvalue weighted by Crippen LogP contribution is -2.57. The topological polar surface area (TPSA) is 89.3 Å². The van der Waals surface area contributed by atoms with E-state index < -0.39 is 5.69 Å². The Labute approximate surface area is 151 Å². The first-order chi connectivity index (χ1) is 12.7. The summed E-state index contributed by atoms with van der Waals surface area (Å²) in [6.45, 7) is 4.49. The fraction of sp³-hybridized carbons (Fsp3) is 0.588. The molecule has 26 heavy (non-hydrogen) atoms. The van der Waals surface area contributed by atoms with Crippen molar-refractivity contribution < 1.29 is 4.74 Å². The van der Waals surface area contributed by atoms with Gasteiger partial charge in [0, 0.05) is 57.6 Å². The minimum atomic E-state index is -0.398. The number of hydrogen-bond acceptors (Lipinski definition) is 8. The molecule has 4 rings (SSSR count). The first-order valence-corrected chi connectivity index (χ1v) is 8.98. The normalized spacial score (nSPS) is 23.5. The molecule has 4 heterocycles. The molecule has 2 atom stereocenters. The first kappa shape index (κ1) is 16.9. The maximum Gasteiger partial charge on any atom is 0.366 e. The van der Waals surface area contributed by atoms with Crippen molar-refractivity contribution in [1.29, 1.82) is 0 Å². The van der Waals surface area contributed by atoms with Crippen LogP contribution < -0.4 is 15.3 Å². The predicted octanol–water partition coefficient (Wildman–Crippen LogP) is -0.0551. The summed E-state index contributed by atoms with van der Waals surface area (Å²) in [6.07, 6.45) is 7.31.